The molecule has 0 saturated carbocycles. The van der Waals surface area contributed by atoms with Crippen LogP contribution in [0, 0.1) is 0 Å². The maximum atomic E-state index is 6.06. The van der Waals surface area contributed by atoms with E-state index in [-0.39, 0.29) is 6.04 Å². The number of nitrogens with two attached hydrogens (primary N) is 1. The fourth-order valence-electron chi connectivity index (χ4n) is 1.64. The second kappa shape index (κ2) is 6.26. The van der Waals surface area contributed by atoms with Gasteiger partial charge in [-0.2, -0.15) is 0 Å². The molecule has 1 aliphatic carbocycles. The van der Waals surface area contributed by atoms with Crippen molar-refractivity contribution in [3.8, 4) is 0 Å². The van der Waals surface area contributed by atoms with Crippen molar-refractivity contribution >= 4 is 0 Å². The Morgan fingerprint density at radius 3 is 2.71 bits per heavy atom. The van der Waals surface area contributed by atoms with Gasteiger partial charge < -0.3 is 11.1 Å². The zero-order valence-electron chi connectivity index (χ0n) is 10.8. The molecule has 1 aliphatic rings. The first kappa shape index (κ1) is 13.5. The summed E-state index contributed by atoms with van der Waals surface area (Å²) in [6.07, 6.45) is 10.1. The summed E-state index contributed by atoms with van der Waals surface area (Å²) in [4.78, 5) is 0. The van der Waals surface area contributed by atoms with E-state index in [0.29, 0.717) is 0 Å². The average molecular weight is 230 g/mol. The monoisotopic (exact) mass is 230 g/mol. The average Bonchev–Trinajstić information content (AvgIpc) is 2.43. The Balaban J connectivity index is 2.81. The van der Waals surface area contributed by atoms with Crippen LogP contribution >= 0.6 is 0 Å². The van der Waals surface area contributed by atoms with Crippen molar-refractivity contribution < 1.29 is 0 Å². The lowest BCUT2D eigenvalue weighted by Gasteiger charge is -2.15. The summed E-state index contributed by atoms with van der Waals surface area (Å²) in [5.74, 6) is 0. The quantitative estimate of drug-likeness (QED) is 0.761. The second-order valence-corrected chi connectivity index (χ2v) is 4.39. The van der Waals surface area contributed by atoms with Crippen LogP contribution in [0.1, 0.15) is 26.7 Å². The Kier molecular flexibility index (Phi) is 4.98. The maximum absolute atomic E-state index is 6.06. The lowest BCUT2D eigenvalue weighted by molar-refractivity contribution is 0.769. The van der Waals surface area contributed by atoms with Gasteiger partial charge in [-0.1, -0.05) is 50.3 Å². The highest BCUT2D eigenvalue weighted by Gasteiger charge is 2.09. The van der Waals surface area contributed by atoms with Gasteiger partial charge in [-0.05, 0) is 25.0 Å². The third-order valence-corrected chi connectivity index (χ3v) is 2.65. The third-order valence-electron chi connectivity index (χ3n) is 2.65. The van der Waals surface area contributed by atoms with E-state index in [9.17, 15) is 0 Å². The highest BCUT2D eigenvalue weighted by molar-refractivity contribution is 5.44. The molecule has 2 heteroatoms. The highest BCUT2D eigenvalue weighted by atomic mass is 14.9. The molecule has 92 valence electrons. The molecule has 3 N–H and O–H groups in total. The van der Waals surface area contributed by atoms with Gasteiger partial charge in [0.25, 0.3) is 0 Å². The molecule has 0 amide bonds. The Morgan fingerprint density at radius 1 is 1.41 bits per heavy atom. The standard InChI is InChI=1S/C15H22N2/c1-5-6-12(4)17-15-10-8-13(11(2)3)7-9-14(15)16/h7-10,14,17H,2,4-6,16H2,1,3H3. The van der Waals surface area contributed by atoms with Crippen LogP contribution < -0.4 is 11.1 Å². The first-order chi connectivity index (χ1) is 8.04. The molecule has 17 heavy (non-hydrogen) atoms. The Bertz CT molecular complexity index is 397. The van der Waals surface area contributed by atoms with E-state index in [1.165, 1.54) is 0 Å². The van der Waals surface area contributed by atoms with Crippen LogP contribution in [0.4, 0.5) is 0 Å². The summed E-state index contributed by atoms with van der Waals surface area (Å²) in [6.45, 7) is 12.0. The fourth-order valence-corrected chi connectivity index (χ4v) is 1.64. The molecule has 1 rings (SSSR count). The number of allylic oxidation sites excluding steroid dienone is 6. The normalized spacial score (nSPS) is 19.1. The maximum Gasteiger partial charge on any atom is 0.0637 e. The predicted octanol–water partition coefficient (Wildman–Crippen LogP) is 3.17. The van der Waals surface area contributed by atoms with Crippen molar-refractivity contribution in [1.29, 1.82) is 0 Å². The molecule has 0 saturated heterocycles. The minimum Gasteiger partial charge on any atom is -0.361 e. The van der Waals surface area contributed by atoms with E-state index in [2.05, 4.69) is 25.4 Å². The molecule has 0 fully saturated rings. The number of nitrogens with one attached hydrogen (secondary N) is 1. The summed E-state index contributed by atoms with van der Waals surface area (Å²) in [5, 5.41) is 3.29. The summed E-state index contributed by atoms with van der Waals surface area (Å²) in [7, 11) is 0. The van der Waals surface area contributed by atoms with E-state index in [1.54, 1.807) is 0 Å². The van der Waals surface area contributed by atoms with Crippen molar-refractivity contribution in [3.63, 3.8) is 0 Å². The predicted molar refractivity (Wildman–Crippen MR) is 75.3 cm³/mol. The number of hydrogen-bond donors (Lipinski definition) is 2. The first-order valence-electron chi connectivity index (χ1n) is 6.01. The molecule has 0 spiro atoms. The van der Waals surface area contributed by atoms with Gasteiger partial charge in [-0.15, -0.1) is 0 Å². The number of hydrogen-bond acceptors (Lipinski definition) is 2. The van der Waals surface area contributed by atoms with Gasteiger partial charge >= 0.3 is 0 Å². The molecular weight excluding hydrogens is 208 g/mol. The molecule has 1 atom stereocenters. The minimum atomic E-state index is -0.114. The van der Waals surface area contributed by atoms with Crippen LogP contribution in [0.15, 0.2) is 60.0 Å². The lowest BCUT2D eigenvalue weighted by Crippen LogP contribution is -2.28. The van der Waals surface area contributed by atoms with Crippen molar-refractivity contribution in [2.75, 3.05) is 0 Å². The van der Waals surface area contributed by atoms with E-state index < -0.39 is 0 Å². The largest absolute Gasteiger partial charge is 0.361 e. The topological polar surface area (TPSA) is 38.0 Å². The molecule has 0 aromatic carbocycles. The van der Waals surface area contributed by atoms with Crippen molar-refractivity contribution in [2.45, 2.75) is 32.7 Å². The number of rotatable bonds is 5. The van der Waals surface area contributed by atoms with Gasteiger partial charge in [-0.3, -0.25) is 0 Å². The van der Waals surface area contributed by atoms with E-state index >= 15 is 0 Å². The van der Waals surface area contributed by atoms with Crippen LogP contribution in [-0.4, -0.2) is 6.04 Å². The minimum absolute atomic E-state index is 0.114. The summed E-state index contributed by atoms with van der Waals surface area (Å²) in [5.41, 5.74) is 10.2. The van der Waals surface area contributed by atoms with Crippen LogP contribution in [0.5, 0.6) is 0 Å². The smallest absolute Gasteiger partial charge is 0.0637 e. The van der Waals surface area contributed by atoms with E-state index in [0.717, 1.165) is 35.4 Å². The Labute approximate surface area is 104 Å². The summed E-state index contributed by atoms with van der Waals surface area (Å²) in [6, 6.07) is -0.114. The van der Waals surface area contributed by atoms with Crippen molar-refractivity contribution in [2.24, 2.45) is 5.73 Å². The van der Waals surface area contributed by atoms with Crippen LogP contribution in [0.3, 0.4) is 0 Å². The Morgan fingerprint density at radius 2 is 2.12 bits per heavy atom. The lowest BCUT2D eigenvalue weighted by atomic mass is 10.1. The zero-order chi connectivity index (χ0) is 12.8. The van der Waals surface area contributed by atoms with Crippen LogP contribution in [-0.2, 0) is 0 Å². The SMILES string of the molecule is C=C(CCC)NC1=CC=C(C(=C)C)C=CC1N. The van der Waals surface area contributed by atoms with Gasteiger partial charge in [0, 0.05) is 11.4 Å². The Hall–Kier alpha value is -1.54. The highest BCUT2D eigenvalue weighted by Crippen LogP contribution is 2.15. The van der Waals surface area contributed by atoms with Gasteiger partial charge in [0.2, 0.25) is 0 Å². The second-order valence-electron chi connectivity index (χ2n) is 4.39. The molecule has 2 nitrogen and oxygen atoms in total. The molecule has 0 aromatic rings. The van der Waals surface area contributed by atoms with Gasteiger partial charge in [0.05, 0.1) is 6.04 Å². The third kappa shape index (κ3) is 4.08. The van der Waals surface area contributed by atoms with E-state index in [1.807, 2.05) is 31.2 Å². The fraction of sp³-hybridized carbons (Fsp3) is 0.333. The summed E-state index contributed by atoms with van der Waals surface area (Å²) >= 11 is 0. The molecule has 0 bridgehead atoms. The first-order valence-corrected chi connectivity index (χ1v) is 6.01. The summed E-state index contributed by atoms with van der Waals surface area (Å²) < 4.78 is 0. The van der Waals surface area contributed by atoms with Gasteiger partial charge in [-0.25, -0.2) is 0 Å². The molecule has 0 aromatic heterocycles. The van der Waals surface area contributed by atoms with Crippen molar-refractivity contribution in [3.05, 3.63) is 60.0 Å². The van der Waals surface area contributed by atoms with Gasteiger partial charge in [0.1, 0.15) is 0 Å². The van der Waals surface area contributed by atoms with Crippen LogP contribution in [0.25, 0.3) is 0 Å². The molecule has 0 radical (unpaired) electrons. The molecule has 1 unspecified atom stereocenters. The molecule has 0 heterocycles. The van der Waals surface area contributed by atoms with Crippen LogP contribution in [0.2, 0.25) is 0 Å². The zero-order valence-corrected chi connectivity index (χ0v) is 10.8. The molecular formula is C15H22N2. The molecule has 0 aliphatic heterocycles. The van der Waals surface area contributed by atoms with Gasteiger partial charge in [0.15, 0.2) is 0 Å². The van der Waals surface area contributed by atoms with E-state index in [4.69, 9.17) is 5.73 Å². The van der Waals surface area contributed by atoms with Crippen molar-refractivity contribution in [1.82, 2.24) is 5.32 Å².